The summed E-state index contributed by atoms with van der Waals surface area (Å²) in [5, 5.41) is 7.05. The summed E-state index contributed by atoms with van der Waals surface area (Å²) in [6.07, 6.45) is 5.40. The first-order valence-electron chi connectivity index (χ1n) is 8.06. The SMILES string of the molecule is CC(C)c1[nH]nc(C(=O)N(C)CC2CC3CCC2C3)c1N. The van der Waals surface area contributed by atoms with Crippen molar-refractivity contribution in [1.29, 1.82) is 0 Å². The normalized spacial score (nSPS) is 27.5. The molecule has 3 rings (SSSR count). The number of nitrogens with zero attached hydrogens (tertiary/aromatic N) is 2. The number of aromatic amines is 1. The summed E-state index contributed by atoms with van der Waals surface area (Å²) in [6.45, 7) is 4.91. The molecule has 1 heterocycles. The largest absolute Gasteiger partial charge is 0.395 e. The maximum Gasteiger partial charge on any atom is 0.276 e. The van der Waals surface area contributed by atoms with E-state index in [-0.39, 0.29) is 11.8 Å². The Morgan fingerprint density at radius 1 is 1.43 bits per heavy atom. The summed E-state index contributed by atoms with van der Waals surface area (Å²) in [5.74, 6) is 2.59. The minimum Gasteiger partial charge on any atom is -0.395 e. The van der Waals surface area contributed by atoms with Crippen molar-refractivity contribution in [3.05, 3.63) is 11.4 Å². The van der Waals surface area contributed by atoms with Crippen LogP contribution in [0.5, 0.6) is 0 Å². The molecule has 1 aromatic heterocycles. The Morgan fingerprint density at radius 2 is 2.19 bits per heavy atom. The van der Waals surface area contributed by atoms with Crippen LogP contribution >= 0.6 is 0 Å². The number of nitrogens with two attached hydrogens (primary N) is 1. The fraction of sp³-hybridized carbons (Fsp3) is 0.750. The number of hydrogen-bond acceptors (Lipinski definition) is 3. The number of nitrogens with one attached hydrogen (secondary N) is 1. The van der Waals surface area contributed by atoms with Crippen LogP contribution in [-0.4, -0.2) is 34.6 Å². The Hall–Kier alpha value is -1.52. The van der Waals surface area contributed by atoms with Crippen LogP contribution in [0.15, 0.2) is 0 Å². The third kappa shape index (κ3) is 2.54. The Morgan fingerprint density at radius 3 is 2.71 bits per heavy atom. The molecule has 5 heteroatoms. The van der Waals surface area contributed by atoms with Gasteiger partial charge in [0, 0.05) is 13.6 Å². The number of fused-ring (bicyclic) bond motifs is 2. The molecular weight excluding hydrogens is 264 g/mol. The summed E-state index contributed by atoms with van der Waals surface area (Å²) in [7, 11) is 1.87. The van der Waals surface area contributed by atoms with E-state index in [1.807, 2.05) is 25.8 Å². The number of rotatable bonds is 4. The lowest BCUT2D eigenvalue weighted by Gasteiger charge is -2.26. The second kappa shape index (κ2) is 5.35. The molecule has 2 aliphatic carbocycles. The smallest absolute Gasteiger partial charge is 0.276 e. The molecule has 0 spiro atoms. The maximum atomic E-state index is 12.6. The van der Waals surface area contributed by atoms with Crippen molar-refractivity contribution in [2.75, 3.05) is 19.3 Å². The topological polar surface area (TPSA) is 75.0 Å². The van der Waals surface area contributed by atoms with E-state index in [1.54, 1.807) is 0 Å². The van der Waals surface area contributed by atoms with Crippen molar-refractivity contribution in [2.24, 2.45) is 17.8 Å². The third-order valence-electron chi connectivity index (χ3n) is 5.35. The van der Waals surface area contributed by atoms with Gasteiger partial charge in [-0.3, -0.25) is 9.89 Å². The zero-order valence-corrected chi connectivity index (χ0v) is 13.2. The Bertz CT molecular complexity index is 536. The van der Waals surface area contributed by atoms with Gasteiger partial charge in [-0.05, 0) is 42.9 Å². The molecule has 0 saturated heterocycles. The molecule has 116 valence electrons. The summed E-state index contributed by atoms with van der Waals surface area (Å²) in [4.78, 5) is 14.4. The first-order chi connectivity index (χ1) is 9.97. The fourth-order valence-electron chi connectivity index (χ4n) is 4.18. The minimum absolute atomic E-state index is 0.0570. The molecule has 0 aliphatic heterocycles. The molecule has 2 bridgehead atoms. The number of carbonyl (C=O) groups excluding carboxylic acids is 1. The van der Waals surface area contributed by atoms with Crippen molar-refractivity contribution < 1.29 is 4.79 Å². The molecule has 2 saturated carbocycles. The zero-order valence-electron chi connectivity index (χ0n) is 13.2. The van der Waals surface area contributed by atoms with Crippen LogP contribution in [-0.2, 0) is 0 Å². The molecule has 1 amide bonds. The van der Waals surface area contributed by atoms with E-state index in [0.29, 0.717) is 17.3 Å². The number of hydrogen-bond donors (Lipinski definition) is 2. The molecule has 3 unspecified atom stereocenters. The van der Waals surface area contributed by atoms with Gasteiger partial charge < -0.3 is 10.6 Å². The second-order valence-corrected chi connectivity index (χ2v) is 7.17. The maximum absolute atomic E-state index is 12.6. The summed E-state index contributed by atoms with van der Waals surface area (Å²) in [5.41, 5.74) is 7.81. The summed E-state index contributed by atoms with van der Waals surface area (Å²) < 4.78 is 0. The Balaban J connectivity index is 1.67. The van der Waals surface area contributed by atoms with E-state index in [1.165, 1.54) is 25.7 Å². The highest BCUT2D eigenvalue weighted by Crippen LogP contribution is 2.48. The highest BCUT2D eigenvalue weighted by molar-refractivity contribution is 5.97. The number of nitrogen functional groups attached to an aromatic ring is 1. The molecular formula is C16H26N4O. The van der Waals surface area contributed by atoms with Gasteiger partial charge in [0.2, 0.25) is 0 Å². The second-order valence-electron chi connectivity index (χ2n) is 7.17. The van der Waals surface area contributed by atoms with Gasteiger partial charge in [0.25, 0.3) is 5.91 Å². The lowest BCUT2D eigenvalue weighted by Crippen LogP contribution is -2.34. The van der Waals surface area contributed by atoms with Gasteiger partial charge in [-0.15, -0.1) is 0 Å². The molecule has 0 aromatic carbocycles. The van der Waals surface area contributed by atoms with E-state index < -0.39 is 0 Å². The van der Waals surface area contributed by atoms with Crippen LogP contribution in [0.4, 0.5) is 5.69 Å². The molecule has 2 aliphatic rings. The van der Waals surface area contributed by atoms with Gasteiger partial charge in [0.1, 0.15) is 0 Å². The first kappa shape index (κ1) is 14.4. The lowest BCUT2D eigenvalue weighted by molar-refractivity contribution is 0.0749. The highest BCUT2D eigenvalue weighted by atomic mass is 16.2. The van der Waals surface area contributed by atoms with E-state index in [9.17, 15) is 4.79 Å². The summed E-state index contributed by atoms with van der Waals surface area (Å²) >= 11 is 0. The number of carbonyl (C=O) groups is 1. The van der Waals surface area contributed by atoms with Gasteiger partial charge >= 0.3 is 0 Å². The Kier molecular flexibility index (Phi) is 3.68. The van der Waals surface area contributed by atoms with E-state index in [0.717, 1.165) is 24.1 Å². The van der Waals surface area contributed by atoms with Crippen LogP contribution in [0.25, 0.3) is 0 Å². The number of amides is 1. The average Bonchev–Trinajstić information content (AvgIpc) is 3.12. The van der Waals surface area contributed by atoms with Crippen LogP contribution in [0, 0.1) is 17.8 Å². The highest BCUT2D eigenvalue weighted by Gasteiger charge is 2.40. The van der Waals surface area contributed by atoms with Gasteiger partial charge in [0.05, 0.1) is 11.4 Å². The molecule has 1 aromatic rings. The van der Waals surface area contributed by atoms with Crippen molar-refractivity contribution in [3.8, 4) is 0 Å². The molecule has 3 atom stereocenters. The van der Waals surface area contributed by atoms with Gasteiger partial charge in [-0.25, -0.2) is 0 Å². The minimum atomic E-state index is -0.0570. The van der Waals surface area contributed by atoms with E-state index in [2.05, 4.69) is 10.2 Å². The van der Waals surface area contributed by atoms with Gasteiger partial charge in [-0.2, -0.15) is 5.10 Å². The van der Waals surface area contributed by atoms with Crippen LogP contribution in [0.2, 0.25) is 0 Å². The fourth-order valence-corrected chi connectivity index (χ4v) is 4.18. The Labute approximate surface area is 126 Å². The van der Waals surface area contributed by atoms with E-state index >= 15 is 0 Å². The van der Waals surface area contributed by atoms with Crippen molar-refractivity contribution in [1.82, 2.24) is 15.1 Å². The van der Waals surface area contributed by atoms with Crippen molar-refractivity contribution in [2.45, 2.75) is 45.4 Å². The number of H-pyrrole nitrogens is 1. The van der Waals surface area contributed by atoms with Gasteiger partial charge in [-0.1, -0.05) is 20.3 Å². The monoisotopic (exact) mass is 290 g/mol. The predicted molar refractivity (Wildman–Crippen MR) is 83.0 cm³/mol. The van der Waals surface area contributed by atoms with Gasteiger partial charge in [0.15, 0.2) is 5.69 Å². The molecule has 21 heavy (non-hydrogen) atoms. The van der Waals surface area contributed by atoms with Crippen LogP contribution < -0.4 is 5.73 Å². The molecule has 3 N–H and O–H groups in total. The number of aromatic nitrogens is 2. The predicted octanol–water partition coefficient (Wildman–Crippen LogP) is 2.62. The first-order valence-corrected chi connectivity index (χ1v) is 8.06. The van der Waals surface area contributed by atoms with Crippen molar-refractivity contribution in [3.63, 3.8) is 0 Å². The molecule has 0 radical (unpaired) electrons. The standard InChI is InChI=1S/C16H26N4O/c1-9(2)14-13(17)15(19-18-14)16(21)20(3)8-12-7-10-4-5-11(12)6-10/h9-12H,4-8,17H2,1-3H3,(H,18,19). The quantitative estimate of drug-likeness (QED) is 0.895. The van der Waals surface area contributed by atoms with Crippen LogP contribution in [0.3, 0.4) is 0 Å². The third-order valence-corrected chi connectivity index (χ3v) is 5.35. The zero-order chi connectivity index (χ0) is 15.1. The average molecular weight is 290 g/mol. The molecule has 5 nitrogen and oxygen atoms in total. The lowest BCUT2D eigenvalue weighted by atomic mass is 9.88. The number of anilines is 1. The molecule has 2 fully saturated rings. The van der Waals surface area contributed by atoms with E-state index in [4.69, 9.17) is 5.73 Å². The van der Waals surface area contributed by atoms with Crippen LogP contribution in [0.1, 0.15) is 61.6 Å². The van der Waals surface area contributed by atoms with Crippen molar-refractivity contribution >= 4 is 11.6 Å². The summed E-state index contributed by atoms with van der Waals surface area (Å²) in [6, 6.07) is 0.